The number of fused-ring (bicyclic) bond motifs is 3. The van der Waals surface area contributed by atoms with Gasteiger partial charge < -0.3 is 5.32 Å². The van der Waals surface area contributed by atoms with Crippen molar-refractivity contribution in [1.29, 1.82) is 0 Å². The Morgan fingerprint density at radius 3 is 2.93 bits per heavy atom. The van der Waals surface area contributed by atoms with Crippen LogP contribution in [0.25, 0.3) is 22.2 Å². The molecule has 6 heteroatoms. The number of pyridine rings is 1. The Balaban J connectivity index is 1.24. The van der Waals surface area contributed by atoms with Gasteiger partial charge in [-0.15, -0.1) is 0 Å². The Kier molecular flexibility index (Phi) is 3.78. The van der Waals surface area contributed by atoms with Crippen molar-refractivity contribution in [3.8, 4) is 11.3 Å². The fourth-order valence-corrected chi connectivity index (χ4v) is 5.02. The zero-order valence-electron chi connectivity index (χ0n) is 16.5. The topological polar surface area (TPSA) is 63.1 Å². The van der Waals surface area contributed by atoms with Crippen molar-refractivity contribution in [1.82, 2.24) is 25.0 Å². The molecule has 1 N–H and O–H groups in total. The number of hydrogen-bond donors (Lipinski definition) is 1. The van der Waals surface area contributed by atoms with E-state index in [2.05, 4.69) is 38.1 Å². The molecule has 2 aliphatic heterocycles. The maximum absolute atomic E-state index is 12.2. The van der Waals surface area contributed by atoms with Crippen molar-refractivity contribution in [3.05, 3.63) is 48.3 Å². The van der Waals surface area contributed by atoms with Crippen LogP contribution in [0.4, 0.5) is 0 Å². The van der Waals surface area contributed by atoms with E-state index in [-0.39, 0.29) is 11.3 Å². The van der Waals surface area contributed by atoms with E-state index < -0.39 is 0 Å². The van der Waals surface area contributed by atoms with Gasteiger partial charge in [0.05, 0.1) is 17.8 Å². The first kappa shape index (κ1) is 17.2. The molecule has 1 aliphatic carbocycles. The van der Waals surface area contributed by atoms with Gasteiger partial charge in [0.1, 0.15) is 0 Å². The van der Waals surface area contributed by atoms with Crippen LogP contribution in [-0.4, -0.2) is 51.2 Å². The molecule has 1 atom stereocenters. The van der Waals surface area contributed by atoms with Crippen molar-refractivity contribution in [2.45, 2.75) is 43.7 Å². The summed E-state index contributed by atoms with van der Waals surface area (Å²) in [6.07, 6.45) is 6.43. The quantitative estimate of drug-likeness (QED) is 0.748. The smallest absolute Gasteiger partial charge is 0.234 e. The molecule has 1 spiro atoms. The highest BCUT2D eigenvalue weighted by atomic mass is 16.2. The molecule has 1 saturated heterocycles. The maximum Gasteiger partial charge on any atom is 0.234 e. The molecule has 0 bridgehead atoms. The van der Waals surface area contributed by atoms with Gasteiger partial charge in [-0.3, -0.25) is 19.4 Å². The number of nitrogens with zero attached hydrogens (tertiary/aromatic N) is 4. The molecule has 1 unspecified atom stereocenters. The number of rotatable bonds is 4. The summed E-state index contributed by atoms with van der Waals surface area (Å²) in [5.74, 6) is 0.180. The molecule has 0 radical (unpaired) electrons. The molecule has 1 aromatic carbocycles. The van der Waals surface area contributed by atoms with E-state index in [1.165, 1.54) is 5.69 Å². The SMILES string of the molecule is O=C(CN1CCC2(CCn3nc(-c4cnc5ccccc5c4)cc32)C1)NC1CC1. The summed E-state index contributed by atoms with van der Waals surface area (Å²) in [7, 11) is 0. The van der Waals surface area contributed by atoms with Crippen LogP contribution in [0.2, 0.25) is 0 Å². The number of para-hydroxylation sites is 1. The molecule has 2 fully saturated rings. The predicted molar refractivity (Wildman–Crippen MR) is 111 cm³/mol. The third-order valence-corrected chi connectivity index (χ3v) is 6.75. The number of nitrogens with one attached hydrogen (secondary N) is 1. The van der Waals surface area contributed by atoms with Crippen molar-refractivity contribution in [2.75, 3.05) is 19.6 Å². The highest BCUT2D eigenvalue weighted by Gasteiger charge is 2.46. The maximum atomic E-state index is 12.2. The summed E-state index contributed by atoms with van der Waals surface area (Å²) in [5, 5.41) is 9.15. The minimum Gasteiger partial charge on any atom is -0.352 e. The van der Waals surface area contributed by atoms with E-state index in [4.69, 9.17) is 5.10 Å². The van der Waals surface area contributed by atoms with Crippen LogP contribution in [0.3, 0.4) is 0 Å². The monoisotopic (exact) mass is 387 g/mol. The van der Waals surface area contributed by atoms with Crippen LogP contribution in [0.1, 0.15) is 31.4 Å². The summed E-state index contributed by atoms with van der Waals surface area (Å²) in [6.45, 7) is 3.41. The second-order valence-electron chi connectivity index (χ2n) is 8.89. The predicted octanol–water partition coefficient (Wildman–Crippen LogP) is 2.72. The number of carbonyl (C=O) groups excluding carboxylic acids is 1. The Bertz CT molecular complexity index is 1100. The van der Waals surface area contributed by atoms with E-state index in [0.717, 1.165) is 67.5 Å². The van der Waals surface area contributed by atoms with Crippen LogP contribution in [0.5, 0.6) is 0 Å². The van der Waals surface area contributed by atoms with Gasteiger partial charge in [0.2, 0.25) is 5.91 Å². The first-order valence-electron chi connectivity index (χ1n) is 10.6. The minimum atomic E-state index is 0.134. The normalized spacial score (nSPS) is 23.7. The number of likely N-dealkylation sites (tertiary alicyclic amines) is 1. The second kappa shape index (κ2) is 6.39. The van der Waals surface area contributed by atoms with Gasteiger partial charge in [-0.25, -0.2) is 0 Å². The highest BCUT2D eigenvalue weighted by Crippen LogP contribution is 2.43. The van der Waals surface area contributed by atoms with E-state index in [9.17, 15) is 4.79 Å². The van der Waals surface area contributed by atoms with E-state index in [1.54, 1.807) is 0 Å². The molecule has 148 valence electrons. The van der Waals surface area contributed by atoms with E-state index in [1.807, 2.05) is 24.4 Å². The summed E-state index contributed by atoms with van der Waals surface area (Å²) in [5.41, 5.74) is 4.54. The first-order chi connectivity index (χ1) is 14.2. The van der Waals surface area contributed by atoms with Gasteiger partial charge in [-0.05, 0) is 50.4 Å². The lowest BCUT2D eigenvalue weighted by Gasteiger charge is -2.23. The van der Waals surface area contributed by atoms with Crippen LogP contribution in [0, 0.1) is 0 Å². The number of aryl methyl sites for hydroxylation is 1. The van der Waals surface area contributed by atoms with E-state index >= 15 is 0 Å². The van der Waals surface area contributed by atoms with Gasteiger partial charge in [0, 0.05) is 47.4 Å². The second-order valence-corrected chi connectivity index (χ2v) is 8.89. The van der Waals surface area contributed by atoms with Crippen LogP contribution in [0.15, 0.2) is 42.6 Å². The number of aromatic nitrogens is 3. The fraction of sp³-hybridized carbons (Fsp3) is 0.435. The van der Waals surface area contributed by atoms with Gasteiger partial charge >= 0.3 is 0 Å². The number of benzene rings is 1. The Hall–Kier alpha value is -2.73. The standard InChI is InChI=1S/C23H25N5O/c29-22(25-18-5-6-18)14-27-9-7-23(15-27)8-10-28-21(23)12-20(26-28)17-11-16-3-1-2-4-19(16)24-13-17/h1-4,11-13,18H,5-10,14-15H2,(H,25,29). The van der Waals surface area contributed by atoms with Gasteiger partial charge in [-0.1, -0.05) is 18.2 Å². The summed E-state index contributed by atoms with van der Waals surface area (Å²) >= 11 is 0. The lowest BCUT2D eigenvalue weighted by Crippen LogP contribution is -2.38. The van der Waals surface area contributed by atoms with Crippen LogP contribution < -0.4 is 5.32 Å². The van der Waals surface area contributed by atoms with Crippen LogP contribution >= 0.6 is 0 Å². The molecule has 6 nitrogen and oxygen atoms in total. The van der Waals surface area contributed by atoms with Crippen LogP contribution in [-0.2, 0) is 16.8 Å². The fourth-order valence-electron chi connectivity index (χ4n) is 5.02. The number of carbonyl (C=O) groups is 1. The van der Waals surface area contributed by atoms with Crippen molar-refractivity contribution in [2.24, 2.45) is 0 Å². The molecule has 4 heterocycles. The Morgan fingerprint density at radius 1 is 1.17 bits per heavy atom. The van der Waals surface area contributed by atoms with Gasteiger partial charge in [0.25, 0.3) is 0 Å². The number of amides is 1. The van der Waals surface area contributed by atoms with E-state index in [0.29, 0.717) is 12.6 Å². The van der Waals surface area contributed by atoms with Gasteiger partial charge in [-0.2, -0.15) is 5.10 Å². The number of hydrogen-bond acceptors (Lipinski definition) is 4. The lowest BCUT2D eigenvalue weighted by atomic mass is 9.82. The molecule has 6 rings (SSSR count). The largest absolute Gasteiger partial charge is 0.352 e. The summed E-state index contributed by atoms with van der Waals surface area (Å²) < 4.78 is 2.18. The first-order valence-corrected chi connectivity index (χ1v) is 10.6. The molecule has 1 amide bonds. The minimum absolute atomic E-state index is 0.134. The molecule has 3 aliphatic rings. The highest BCUT2D eigenvalue weighted by molar-refractivity contribution is 5.82. The zero-order valence-corrected chi connectivity index (χ0v) is 16.5. The summed E-state index contributed by atoms with van der Waals surface area (Å²) in [6, 6.07) is 13.1. The Morgan fingerprint density at radius 2 is 2.03 bits per heavy atom. The molecular formula is C23H25N5O. The average molecular weight is 387 g/mol. The molecule has 1 saturated carbocycles. The average Bonchev–Trinajstić information content (AvgIpc) is 3.15. The van der Waals surface area contributed by atoms with Crippen molar-refractivity contribution >= 4 is 16.8 Å². The Labute approximate surface area is 169 Å². The molecular weight excluding hydrogens is 362 g/mol. The molecule has 3 aromatic rings. The molecule has 2 aromatic heterocycles. The van der Waals surface area contributed by atoms with Crippen molar-refractivity contribution in [3.63, 3.8) is 0 Å². The third-order valence-electron chi connectivity index (χ3n) is 6.75. The zero-order chi connectivity index (χ0) is 19.4. The van der Waals surface area contributed by atoms with Gasteiger partial charge in [0.15, 0.2) is 0 Å². The third kappa shape index (κ3) is 3.02. The summed E-state index contributed by atoms with van der Waals surface area (Å²) in [4.78, 5) is 19.1. The van der Waals surface area contributed by atoms with Crippen molar-refractivity contribution < 1.29 is 4.79 Å². The lowest BCUT2D eigenvalue weighted by molar-refractivity contribution is -0.122. The molecule has 29 heavy (non-hydrogen) atoms.